The van der Waals surface area contributed by atoms with Crippen molar-refractivity contribution < 1.29 is 12.6 Å². The molecule has 5 heteroatoms. The molecule has 78 valence electrons. The van der Waals surface area contributed by atoms with Crippen LogP contribution in [0, 0.1) is 0 Å². The molecule has 1 aromatic rings. The van der Waals surface area contributed by atoms with Gasteiger partial charge in [0, 0.05) is 8.44 Å². The second-order valence-electron chi connectivity index (χ2n) is 2.90. The molecule has 1 rings (SSSR count). The third-order valence-electron chi connectivity index (χ3n) is 1.79. The van der Waals surface area contributed by atoms with Gasteiger partial charge in [0.2, 0.25) is 0 Å². The Labute approximate surface area is 86.6 Å². The van der Waals surface area contributed by atoms with Crippen LogP contribution in [-0.4, -0.2) is 8.42 Å². The van der Waals surface area contributed by atoms with E-state index in [1.54, 1.807) is 8.44 Å². The Morgan fingerprint density at radius 2 is 1.93 bits per heavy atom. The molecule has 1 aromatic carbocycles. The van der Waals surface area contributed by atoms with Crippen molar-refractivity contribution >= 4 is 18.2 Å². The molecule has 0 heterocycles. The lowest BCUT2D eigenvalue weighted by Gasteiger charge is -2.13. The van der Waals surface area contributed by atoms with Crippen molar-refractivity contribution in [1.29, 1.82) is 0 Å². The molecule has 0 bridgehead atoms. The van der Waals surface area contributed by atoms with Crippen molar-refractivity contribution in [3.8, 4) is 0 Å². The second kappa shape index (κ2) is 4.87. The van der Waals surface area contributed by atoms with E-state index in [1.807, 2.05) is 37.3 Å². The van der Waals surface area contributed by atoms with Crippen molar-refractivity contribution in [2.24, 2.45) is 0 Å². The zero-order valence-electron chi connectivity index (χ0n) is 7.88. The first-order valence-electron chi connectivity index (χ1n) is 4.29. The van der Waals surface area contributed by atoms with Gasteiger partial charge in [-0.1, -0.05) is 37.3 Å². The standard InChI is InChI=1S/C9H13O3PS/c1-2-9(12-14(10,11)13)8-6-4-3-5-7-8/h3-7,9H,2,13H2,1H3. The van der Waals surface area contributed by atoms with Gasteiger partial charge in [-0.25, -0.2) is 0 Å². The molecule has 0 N–H and O–H groups in total. The summed E-state index contributed by atoms with van der Waals surface area (Å²) in [6, 6.07) is 9.30. The molecular formula is C9H13O3PS. The Morgan fingerprint density at radius 3 is 2.36 bits per heavy atom. The summed E-state index contributed by atoms with van der Waals surface area (Å²) >= 11 is 0. The Kier molecular flexibility index (Phi) is 4.05. The van der Waals surface area contributed by atoms with Gasteiger partial charge in [-0.3, -0.25) is 4.18 Å². The average molecular weight is 232 g/mol. The SMILES string of the molecule is CCC(OS(=O)(=O)P)c1ccccc1. The van der Waals surface area contributed by atoms with Crippen LogP contribution in [0.2, 0.25) is 0 Å². The van der Waals surface area contributed by atoms with Crippen LogP contribution in [0.15, 0.2) is 30.3 Å². The summed E-state index contributed by atoms with van der Waals surface area (Å²) in [5.41, 5.74) is 0.876. The quantitative estimate of drug-likeness (QED) is 0.748. The highest BCUT2D eigenvalue weighted by Crippen LogP contribution is 2.24. The van der Waals surface area contributed by atoms with Crippen LogP contribution in [0.1, 0.15) is 25.0 Å². The van der Waals surface area contributed by atoms with E-state index in [4.69, 9.17) is 4.18 Å². The molecule has 0 aromatic heterocycles. The molecule has 0 fully saturated rings. The summed E-state index contributed by atoms with van der Waals surface area (Å²) in [7, 11) is -1.78. The zero-order chi connectivity index (χ0) is 10.6. The Morgan fingerprint density at radius 1 is 1.36 bits per heavy atom. The Hall–Kier alpha value is -0.440. The summed E-state index contributed by atoms with van der Waals surface area (Å²) in [5.74, 6) is 0. The van der Waals surface area contributed by atoms with Gasteiger partial charge in [-0.2, -0.15) is 8.42 Å². The minimum absolute atomic E-state index is 0.390. The molecule has 3 nitrogen and oxygen atoms in total. The van der Waals surface area contributed by atoms with Crippen LogP contribution in [-0.2, 0) is 13.9 Å². The fraction of sp³-hybridized carbons (Fsp3) is 0.333. The normalized spacial score (nSPS) is 13.9. The molecule has 0 spiro atoms. The van der Waals surface area contributed by atoms with E-state index >= 15 is 0 Å². The summed E-state index contributed by atoms with van der Waals surface area (Å²) in [6.45, 7) is 1.88. The van der Waals surface area contributed by atoms with Crippen LogP contribution in [0.5, 0.6) is 0 Å². The maximum absolute atomic E-state index is 10.9. The van der Waals surface area contributed by atoms with Gasteiger partial charge in [0.1, 0.15) is 6.10 Å². The topological polar surface area (TPSA) is 43.4 Å². The molecule has 0 amide bonds. The summed E-state index contributed by atoms with van der Waals surface area (Å²) in [6.07, 6.45) is 0.233. The third-order valence-corrected chi connectivity index (χ3v) is 2.63. The molecule has 0 aliphatic rings. The van der Waals surface area contributed by atoms with E-state index in [1.165, 1.54) is 0 Å². The summed E-state index contributed by atoms with van der Waals surface area (Å²) in [5, 5.41) is 0. The van der Waals surface area contributed by atoms with Gasteiger partial charge in [0.15, 0.2) is 0 Å². The van der Waals surface area contributed by atoms with Crippen molar-refractivity contribution in [2.45, 2.75) is 19.4 Å². The monoisotopic (exact) mass is 232 g/mol. The lowest BCUT2D eigenvalue weighted by atomic mass is 10.1. The lowest BCUT2D eigenvalue weighted by molar-refractivity contribution is 0.216. The number of rotatable bonds is 4. The molecule has 0 aliphatic carbocycles. The third kappa shape index (κ3) is 3.74. The Balaban J connectivity index is 2.84. The highest BCUT2D eigenvalue weighted by molar-refractivity contribution is 8.34. The van der Waals surface area contributed by atoms with Gasteiger partial charge < -0.3 is 0 Å². The van der Waals surface area contributed by atoms with Crippen LogP contribution in [0.3, 0.4) is 0 Å². The van der Waals surface area contributed by atoms with Crippen LogP contribution < -0.4 is 0 Å². The van der Waals surface area contributed by atoms with Gasteiger partial charge in [0.05, 0.1) is 0 Å². The molecular weight excluding hydrogens is 219 g/mol. The number of hydrogen-bond acceptors (Lipinski definition) is 3. The van der Waals surface area contributed by atoms with Crippen LogP contribution >= 0.6 is 8.44 Å². The van der Waals surface area contributed by atoms with E-state index in [2.05, 4.69) is 0 Å². The van der Waals surface area contributed by atoms with E-state index in [0.717, 1.165) is 5.56 Å². The van der Waals surface area contributed by atoms with E-state index < -0.39 is 15.8 Å². The predicted octanol–water partition coefficient (Wildman–Crippen LogP) is 2.27. The van der Waals surface area contributed by atoms with Crippen molar-refractivity contribution in [3.63, 3.8) is 0 Å². The molecule has 0 saturated carbocycles. The van der Waals surface area contributed by atoms with Gasteiger partial charge in [-0.05, 0) is 12.0 Å². The average Bonchev–Trinajstić information content (AvgIpc) is 2.14. The van der Waals surface area contributed by atoms with E-state index in [-0.39, 0.29) is 0 Å². The largest absolute Gasteiger partial charge is 0.278 e. The maximum Gasteiger partial charge on any atom is 0.278 e. The first kappa shape index (κ1) is 11.6. The first-order chi connectivity index (χ1) is 6.53. The Bertz CT molecular complexity index is 374. The molecule has 0 saturated heterocycles. The molecule has 2 unspecified atom stereocenters. The fourth-order valence-electron chi connectivity index (χ4n) is 1.19. The highest BCUT2D eigenvalue weighted by atomic mass is 32.7. The summed E-state index contributed by atoms with van der Waals surface area (Å²) in [4.78, 5) is 0. The van der Waals surface area contributed by atoms with Crippen molar-refractivity contribution in [1.82, 2.24) is 0 Å². The lowest BCUT2D eigenvalue weighted by Crippen LogP contribution is -2.05. The molecule has 14 heavy (non-hydrogen) atoms. The first-order valence-corrected chi connectivity index (χ1v) is 7.17. The molecule has 0 aliphatic heterocycles. The van der Waals surface area contributed by atoms with Crippen molar-refractivity contribution in [2.75, 3.05) is 0 Å². The van der Waals surface area contributed by atoms with Gasteiger partial charge in [-0.15, -0.1) is 0 Å². The van der Waals surface area contributed by atoms with Crippen LogP contribution in [0.25, 0.3) is 0 Å². The minimum Gasteiger partial charge on any atom is -0.259 e. The number of hydrogen-bond donors (Lipinski definition) is 0. The predicted molar refractivity (Wildman–Crippen MR) is 59.2 cm³/mol. The second-order valence-corrected chi connectivity index (χ2v) is 5.81. The highest BCUT2D eigenvalue weighted by Gasteiger charge is 2.14. The van der Waals surface area contributed by atoms with Crippen LogP contribution in [0.4, 0.5) is 0 Å². The van der Waals surface area contributed by atoms with Gasteiger partial charge >= 0.3 is 0 Å². The molecule has 0 radical (unpaired) electrons. The minimum atomic E-state index is -3.47. The van der Waals surface area contributed by atoms with Gasteiger partial charge in [0.25, 0.3) is 9.74 Å². The molecule has 2 atom stereocenters. The van der Waals surface area contributed by atoms with E-state index in [0.29, 0.717) is 6.42 Å². The fourth-order valence-corrected chi connectivity index (χ4v) is 2.16. The van der Waals surface area contributed by atoms with E-state index in [9.17, 15) is 8.42 Å². The maximum atomic E-state index is 10.9. The van der Waals surface area contributed by atoms with Crippen molar-refractivity contribution in [3.05, 3.63) is 35.9 Å². The number of benzene rings is 1. The smallest absolute Gasteiger partial charge is 0.259 e. The summed E-state index contributed by atoms with van der Waals surface area (Å²) < 4.78 is 26.7. The zero-order valence-corrected chi connectivity index (χ0v) is 9.85.